The molecule has 0 aromatic heterocycles. The highest BCUT2D eigenvalue weighted by atomic mass is 32.2. The van der Waals surface area contributed by atoms with E-state index in [1.807, 2.05) is 4.90 Å². The molecule has 7 heteroatoms. The zero-order valence-electron chi connectivity index (χ0n) is 10.7. The molecule has 19 heavy (non-hydrogen) atoms. The molecular formula is C12H17FN2O3S. The van der Waals surface area contributed by atoms with Gasteiger partial charge in [-0.2, -0.15) is 4.31 Å². The molecule has 0 saturated carbocycles. The Balaban J connectivity index is 2.10. The molecule has 1 aliphatic heterocycles. The summed E-state index contributed by atoms with van der Waals surface area (Å²) in [6, 6.07) is 4.59. The van der Waals surface area contributed by atoms with Crippen molar-refractivity contribution in [1.82, 2.24) is 4.31 Å². The average molecular weight is 288 g/mol. The van der Waals surface area contributed by atoms with Gasteiger partial charge >= 0.3 is 0 Å². The van der Waals surface area contributed by atoms with Gasteiger partial charge in [0.25, 0.3) is 0 Å². The van der Waals surface area contributed by atoms with Gasteiger partial charge in [-0.1, -0.05) is 6.07 Å². The van der Waals surface area contributed by atoms with E-state index in [4.69, 9.17) is 5.11 Å². The first-order valence-electron chi connectivity index (χ1n) is 6.01. The summed E-state index contributed by atoms with van der Waals surface area (Å²) in [6.45, 7) is 1.45. The van der Waals surface area contributed by atoms with Crippen LogP contribution in [0.15, 0.2) is 18.2 Å². The quantitative estimate of drug-likeness (QED) is 0.874. The molecule has 1 N–H and O–H groups in total. The van der Waals surface area contributed by atoms with Crippen molar-refractivity contribution in [2.24, 2.45) is 0 Å². The third-order valence-corrected chi connectivity index (χ3v) is 4.55. The first-order chi connectivity index (χ1) is 8.91. The highest BCUT2D eigenvalue weighted by Crippen LogP contribution is 2.22. The van der Waals surface area contributed by atoms with Gasteiger partial charge in [0.1, 0.15) is 5.82 Å². The molecular weight excluding hydrogens is 271 g/mol. The monoisotopic (exact) mass is 288 g/mol. The van der Waals surface area contributed by atoms with Crippen LogP contribution >= 0.6 is 0 Å². The van der Waals surface area contributed by atoms with Crippen LogP contribution in [0.1, 0.15) is 5.56 Å². The highest BCUT2D eigenvalue weighted by Gasteiger charge is 2.24. The van der Waals surface area contributed by atoms with Gasteiger partial charge in [-0.25, -0.2) is 12.8 Å². The molecule has 0 amide bonds. The standard InChI is InChI=1S/C12H17FN2O3S/c1-19(17,18)15-6-4-14(5-7-15)12-3-2-10(9-16)8-11(12)13/h2-3,8,16H,4-7,9H2,1H3. The minimum Gasteiger partial charge on any atom is -0.392 e. The maximum absolute atomic E-state index is 13.9. The first kappa shape index (κ1) is 14.2. The van der Waals surface area contributed by atoms with Crippen LogP contribution < -0.4 is 4.90 Å². The second-order valence-electron chi connectivity index (χ2n) is 4.59. The van der Waals surface area contributed by atoms with Gasteiger partial charge in [-0.3, -0.25) is 0 Å². The number of benzene rings is 1. The normalized spacial score (nSPS) is 17.7. The van der Waals surface area contributed by atoms with E-state index in [-0.39, 0.29) is 12.4 Å². The number of anilines is 1. The zero-order chi connectivity index (χ0) is 14.0. The highest BCUT2D eigenvalue weighted by molar-refractivity contribution is 7.88. The smallest absolute Gasteiger partial charge is 0.211 e. The van der Waals surface area contributed by atoms with Crippen LogP contribution in [0.5, 0.6) is 0 Å². The average Bonchev–Trinajstić information content (AvgIpc) is 2.37. The minimum absolute atomic E-state index is 0.195. The summed E-state index contributed by atoms with van der Waals surface area (Å²) in [4.78, 5) is 1.82. The third-order valence-electron chi connectivity index (χ3n) is 3.24. The lowest BCUT2D eigenvalue weighted by molar-refractivity contribution is 0.281. The molecule has 0 radical (unpaired) electrons. The minimum atomic E-state index is -3.17. The lowest BCUT2D eigenvalue weighted by Crippen LogP contribution is -2.48. The lowest BCUT2D eigenvalue weighted by atomic mass is 10.2. The molecule has 1 saturated heterocycles. The van der Waals surface area contributed by atoms with Crippen molar-refractivity contribution in [1.29, 1.82) is 0 Å². The Labute approximate surface area is 112 Å². The van der Waals surface area contributed by atoms with Crippen molar-refractivity contribution in [3.63, 3.8) is 0 Å². The van der Waals surface area contributed by atoms with Crippen molar-refractivity contribution in [3.05, 3.63) is 29.6 Å². The molecule has 1 fully saturated rings. The van der Waals surface area contributed by atoms with E-state index in [2.05, 4.69) is 0 Å². The second kappa shape index (κ2) is 5.44. The molecule has 0 atom stereocenters. The van der Waals surface area contributed by atoms with Crippen LogP contribution in [-0.4, -0.2) is 50.3 Å². The Bertz CT molecular complexity index is 554. The van der Waals surface area contributed by atoms with E-state index in [0.29, 0.717) is 37.4 Å². The van der Waals surface area contributed by atoms with E-state index in [1.54, 1.807) is 12.1 Å². The number of aliphatic hydroxyl groups is 1. The summed E-state index contributed by atoms with van der Waals surface area (Å²) in [5.74, 6) is -0.389. The van der Waals surface area contributed by atoms with E-state index < -0.39 is 10.0 Å². The lowest BCUT2D eigenvalue weighted by Gasteiger charge is -2.34. The first-order valence-corrected chi connectivity index (χ1v) is 7.86. The molecule has 106 valence electrons. The van der Waals surface area contributed by atoms with Gasteiger partial charge in [0.15, 0.2) is 0 Å². The van der Waals surface area contributed by atoms with Crippen LogP contribution in [0.25, 0.3) is 0 Å². The molecule has 1 aromatic rings. The van der Waals surface area contributed by atoms with Gasteiger partial charge in [0.2, 0.25) is 10.0 Å². The van der Waals surface area contributed by atoms with Crippen molar-refractivity contribution < 1.29 is 17.9 Å². The summed E-state index contributed by atoms with van der Waals surface area (Å²) in [5.41, 5.74) is 0.973. The molecule has 0 spiro atoms. The topological polar surface area (TPSA) is 60.9 Å². The Morgan fingerprint density at radius 2 is 1.89 bits per heavy atom. The van der Waals surface area contributed by atoms with Crippen LogP contribution in [-0.2, 0) is 16.6 Å². The van der Waals surface area contributed by atoms with Crippen LogP contribution in [0.4, 0.5) is 10.1 Å². The Kier molecular flexibility index (Phi) is 4.07. The summed E-state index contributed by atoms with van der Waals surface area (Å²) in [5, 5.41) is 8.93. The van der Waals surface area contributed by atoms with Gasteiger partial charge in [-0.05, 0) is 17.7 Å². The molecule has 0 aliphatic carbocycles. The Hall–Kier alpha value is -1.18. The van der Waals surface area contributed by atoms with Gasteiger partial charge in [0, 0.05) is 26.2 Å². The van der Waals surface area contributed by atoms with E-state index >= 15 is 0 Å². The van der Waals surface area contributed by atoms with Gasteiger partial charge < -0.3 is 10.0 Å². The number of nitrogens with zero attached hydrogens (tertiary/aromatic N) is 2. The van der Waals surface area contributed by atoms with E-state index in [0.717, 1.165) is 0 Å². The molecule has 5 nitrogen and oxygen atoms in total. The third kappa shape index (κ3) is 3.23. The molecule has 1 heterocycles. The fraction of sp³-hybridized carbons (Fsp3) is 0.500. The SMILES string of the molecule is CS(=O)(=O)N1CCN(c2ccc(CO)cc2F)CC1. The fourth-order valence-corrected chi connectivity index (χ4v) is 2.99. The predicted octanol–water partition coefficient (Wildman–Crippen LogP) is 0.400. The van der Waals surface area contributed by atoms with Gasteiger partial charge in [0.05, 0.1) is 18.6 Å². The molecule has 1 aromatic carbocycles. The number of aliphatic hydroxyl groups excluding tert-OH is 1. The Morgan fingerprint density at radius 1 is 1.26 bits per heavy atom. The second-order valence-corrected chi connectivity index (χ2v) is 6.58. The van der Waals surface area contributed by atoms with Crippen LogP contribution in [0.2, 0.25) is 0 Å². The summed E-state index contributed by atoms with van der Waals surface area (Å²) in [6.07, 6.45) is 1.18. The number of hydrogen-bond acceptors (Lipinski definition) is 4. The molecule has 0 unspecified atom stereocenters. The summed E-state index contributed by atoms with van der Waals surface area (Å²) < 4.78 is 38.0. The fourth-order valence-electron chi connectivity index (χ4n) is 2.17. The number of piperazine rings is 1. The zero-order valence-corrected chi connectivity index (χ0v) is 11.5. The van der Waals surface area contributed by atoms with E-state index in [9.17, 15) is 12.8 Å². The number of sulfonamides is 1. The number of rotatable bonds is 3. The Morgan fingerprint density at radius 3 is 2.37 bits per heavy atom. The van der Waals surface area contributed by atoms with Crippen molar-refractivity contribution in [2.75, 3.05) is 37.3 Å². The van der Waals surface area contributed by atoms with Crippen LogP contribution in [0.3, 0.4) is 0 Å². The predicted molar refractivity (Wildman–Crippen MR) is 71.0 cm³/mol. The molecule has 2 rings (SSSR count). The van der Waals surface area contributed by atoms with E-state index in [1.165, 1.54) is 16.6 Å². The number of hydrogen-bond donors (Lipinski definition) is 1. The van der Waals surface area contributed by atoms with Crippen LogP contribution in [0, 0.1) is 5.82 Å². The number of halogens is 1. The summed E-state index contributed by atoms with van der Waals surface area (Å²) in [7, 11) is -3.17. The van der Waals surface area contributed by atoms with Gasteiger partial charge in [-0.15, -0.1) is 0 Å². The van der Waals surface area contributed by atoms with Crippen molar-refractivity contribution in [2.45, 2.75) is 6.61 Å². The maximum atomic E-state index is 13.9. The van der Waals surface area contributed by atoms with Crippen molar-refractivity contribution in [3.8, 4) is 0 Å². The largest absolute Gasteiger partial charge is 0.392 e. The summed E-state index contributed by atoms with van der Waals surface area (Å²) >= 11 is 0. The molecule has 1 aliphatic rings. The maximum Gasteiger partial charge on any atom is 0.211 e. The molecule has 0 bridgehead atoms. The van der Waals surface area contributed by atoms with Crippen molar-refractivity contribution >= 4 is 15.7 Å².